The fourth-order valence-corrected chi connectivity index (χ4v) is 14.9. The Morgan fingerprint density at radius 3 is 1.32 bits per heavy atom. The molecule has 0 unspecified atom stereocenters. The van der Waals surface area contributed by atoms with E-state index < -0.39 is 8.07 Å². The highest BCUT2D eigenvalue weighted by Crippen LogP contribution is 2.41. The van der Waals surface area contributed by atoms with E-state index in [1.165, 1.54) is 43.2 Å². The predicted molar refractivity (Wildman–Crippen MR) is 268 cm³/mol. The first kappa shape index (κ1) is 38.4. The number of rotatable bonds is 8. The maximum Gasteiger partial charge on any atom is 0.227 e. The summed E-state index contributed by atoms with van der Waals surface area (Å²) in [5.74, 6) is 1.09. The third-order valence-corrected chi connectivity index (χ3v) is 17.7. The van der Waals surface area contributed by atoms with Crippen molar-refractivity contribution < 1.29 is 8.83 Å². The Hall–Kier alpha value is -8.26. The van der Waals surface area contributed by atoms with E-state index in [4.69, 9.17) is 18.8 Å². The molecule has 0 saturated carbocycles. The number of anilines is 6. The van der Waals surface area contributed by atoms with Gasteiger partial charge in [-0.15, -0.1) is 0 Å². The summed E-state index contributed by atoms with van der Waals surface area (Å²) >= 11 is 0. The molecule has 1 aliphatic heterocycles. The molecule has 7 heteroatoms. The van der Waals surface area contributed by atoms with Crippen molar-refractivity contribution in [2.45, 2.75) is 13.8 Å². The summed E-state index contributed by atoms with van der Waals surface area (Å²) in [4.78, 5) is 14.6. The molecule has 1 aliphatic rings. The topological polar surface area (TPSA) is 58.5 Å². The lowest BCUT2D eigenvalue weighted by molar-refractivity contribution is 0.618. The first-order valence-corrected chi connectivity index (χ1v) is 24.0. The fourth-order valence-electron chi connectivity index (χ4n) is 9.83. The molecule has 0 spiro atoms. The smallest absolute Gasteiger partial charge is 0.227 e. The SMILES string of the molecule is Cc1ccccc1N(c1ccc(-c2nc3cc4oc(-c5ccc(N6c7ccccc7[Si](c7ccccc7)(c7ccccc7)c7ccccc76)cc5)nc4cc3o2)cc1)c1ccccc1C. The maximum atomic E-state index is 6.44. The van der Waals surface area contributed by atoms with Crippen LogP contribution in [-0.2, 0) is 0 Å². The molecule has 0 bridgehead atoms. The van der Waals surface area contributed by atoms with Crippen molar-refractivity contribution in [2.75, 3.05) is 9.80 Å². The van der Waals surface area contributed by atoms with E-state index in [1.54, 1.807) is 0 Å². The standard InChI is InChI=1S/C58H42N4O2Si/c1-39-17-9-11-23-49(39)61(50-24-12-10-18-40(50)2)43-33-29-41(30-34-43)57-59-47-37-54-48(38-53(47)63-57)60-58(64-54)42-31-35-44(36-32-42)62-51-25-13-15-27-55(51)65(45-19-5-3-6-20-45,46-21-7-4-8-22-46)56-28-16-14-26-52(56)62/h3-38H,1-2H3. The van der Waals surface area contributed by atoms with E-state index in [0.29, 0.717) is 34.0 Å². The van der Waals surface area contributed by atoms with E-state index >= 15 is 0 Å². The van der Waals surface area contributed by atoms with E-state index in [9.17, 15) is 0 Å². The molecule has 9 aromatic carbocycles. The number of para-hydroxylation sites is 4. The Kier molecular flexibility index (Phi) is 9.17. The van der Waals surface area contributed by atoms with Crippen molar-refractivity contribution in [3.8, 4) is 22.9 Å². The summed E-state index contributed by atoms with van der Waals surface area (Å²) in [7, 11) is -2.69. The molecule has 0 fully saturated rings. The van der Waals surface area contributed by atoms with Crippen LogP contribution in [0.2, 0.25) is 0 Å². The van der Waals surface area contributed by atoms with Crippen LogP contribution in [0, 0.1) is 13.8 Å². The van der Waals surface area contributed by atoms with Crippen LogP contribution >= 0.6 is 0 Å². The first-order valence-electron chi connectivity index (χ1n) is 22.0. The normalized spacial score (nSPS) is 12.9. The van der Waals surface area contributed by atoms with Crippen LogP contribution < -0.4 is 30.5 Å². The molecule has 3 heterocycles. The highest BCUT2D eigenvalue weighted by atomic mass is 28.3. The molecule has 12 rings (SSSR count). The third kappa shape index (κ3) is 6.31. The monoisotopic (exact) mass is 854 g/mol. The van der Waals surface area contributed by atoms with Gasteiger partial charge in [-0.3, -0.25) is 0 Å². The van der Waals surface area contributed by atoms with Crippen molar-refractivity contribution in [3.63, 3.8) is 0 Å². The molecular weight excluding hydrogens is 813 g/mol. The Bertz CT molecular complexity index is 3340. The minimum atomic E-state index is -2.69. The number of fused-ring (bicyclic) bond motifs is 4. The fraction of sp³-hybridized carbons (Fsp3) is 0.0345. The second kappa shape index (κ2) is 15.5. The van der Waals surface area contributed by atoms with Crippen molar-refractivity contribution in [3.05, 3.63) is 230 Å². The summed E-state index contributed by atoms with van der Waals surface area (Å²) in [5.41, 5.74) is 13.7. The number of hydrogen-bond acceptors (Lipinski definition) is 6. The molecule has 65 heavy (non-hydrogen) atoms. The van der Waals surface area contributed by atoms with Gasteiger partial charge in [0.1, 0.15) is 11.0 Å². The van der Waals surface area contributed by atoms with Gasteiger partial charge in [-0.25, -0.2) is 9.97 Å². The van der Waals surface area contributed by atoms with Crippen molar-refractivity contribution in [1.29, 1.82) is 0 Å². The van der Waals surface area contributed by atoms with Crippen LogP contribution in [0.3, 0.4) is 0 Å². The van der Waals surface area contributed by atoms with Crippen LogP contribution in [-0.4, -0.2) is 18.0 Å². The van der Waals surface area contributed by atoms with Crippen LogP contribution in [0.15, 0.2) is 227 Å². The predicted octanol–water partition coefficient (Wildman–Crippen LogP) is 12.6. The van der Waals surface area contributed by atoms with Gasteiger partial charge < -0.3 is 18.6 Å². The lowest BCUT2D eigenvalue weighted by atomic mass is 10.1. The highest BCUT2D eigenvalue weighted by molar-refractivity contribution is 7.21. The molecule has 0 amide bonds. The highest BCUT2D eigenvalue weighted by Gasteiger charge is 2.48. The minimum absolute atomic E-state index is 0.542. The molecule has 0 N–H and O–H groups in total. The van der Waals surface area contributed by atoms with Crippen molar-refractivity contribution >= 4 is 85.1 Å². The zero-order valence-electron chi connectivity index (χ0n) is 35.9. The zero-order valence-corrected chi connectivity index (χ0v) is 36.9. The largest absolute Gasteiger partial charge is 0.436 e. The van der Waals surface area contributed by atoms with Crippen LogP contribution in [0.1, 0.15) is 11.1 Å². The van der Waals surface area contributed by atoms with Crippen LogP contribution in [0.4, 0.5) is 34.1 Å². The van der Waals surface area contributed by atoms with Crippen molar-refractivity contribution in [2.24, 2.45) is 0 Å². The van der Waals surface area contributed by atoms with Gasteiger partial charge in [0, 0.05) is 57.4 Å². The van der Waals surface area contributed by atoms with Gasteiger partial charge in [-0.1, -0.05) is 133 Å². The molecule has 310 valence electrons. The van der Waals surface area contributed by atoms with Gasteiger partial charge in [-0.2, -0.15) is 0 Å². The van der Waals surface area contributed by atoms with Crippen LogP contribution in [0.25, 0.3) is 45.1 Å². The van der Waals surface area contributed by atoms with Crippen molar-refractivity contribution in [1.82, 2.24) is 9.97 Å². The quantitative estimate of drug-likeness (QED) is 0.142. The average molecular weight is 855 g/mol. The third-order valence-electron chi connectivity index (χ3n) is 12.9. The molecule has 0 atom stereocenters. The minimum Gasteiger partial charge on any atom is -0.436 e. The number of aryl methyl sites for hydroxylation is 2. The molecule has 0 radical (unpaired) electrons. The summed E-state index contributed by atoms with van der Waals surface area (Å²) in [6, 6.07) is 77.8. The van der Waals surface area contributed by atoms with Gasteiger partial charge in [0.2, 0.25) is 11.8 Å². The average Bonchev–Trinajstić information content (AvgIpc) is 3.98. The number of aromatic nitrogens is 2. The Labute approximate surface area is 378 Å². The number of nitrogens with zero attached hydrogens (tertiary/aromatic N) is 4. The Morgan fingerprint density at radius 1 is 0.431 bits per heavy atom. The van der Waals surface area contributed by atoms with E-state index in [0.717, 1.165) is 33.9 Å². The van der Waals surface area contributed by atoms with E-state index in [-0.39, 0.29) is 0 Å². The van der Waals surface area contributed by atoms with Gasteiger partial charge in [-0.05, 0) is 119 Å². The number of oxazole rings is 2. The molecule has 2 aromatic heterocycles. The summed E-state index contributed by atoms with van der Waals surface area (Å²) in [5, 5.41) is 5.45. The molecule has 0 saturated heterocycles. The second-order valence-corrected chi connectivity index (χ2v) is 20.4. The zero-order chi connectivity index (χ0) is 43.5. The van der Waals surface area contributed by atoms with E-state index in [1.807, 2.05) is 12.1 Å². The molecule has 11 aromatic rings. The molecule has 6 nitrogen and oxygen atoms in total. The first-order chi connectivity index (χ1) is 32.0. The summed E-state index contributed by atoms with van der Waals surface area (Å²) in [6.45, 7) is 4.30. The number of benzene rings is 9. The van der Waals surface area contributed by atoms with Gasteiger partial charge >= 0.3 is 0 Å². The Morgan fingerprint density at radius 2 is 0.846 bits per heavy atom. The lowest BCUT2D eigenvalue weighted by Crippen LogP contribution is -2.77. The number of hydrogen-bond donors (Lipinski definition) is 0. The molecule has 0 aliphatic carbocycles. The molecular formula is C58H42N4O2Si. The lowest BCUT2D eigenvalue weighted by Gasteiger charge is -2.45. The Balaban J connectivity index is 0.861. The van der Waals surface area contributed by atoms with Gasteiger partial charge in [0.05, 0.1) is 0 Å². The summed E-state index contributed by atoms with van der Waals surface area (Å²) < 4.78 is 12.8. The van der Waals surface area contributed by atoms with E-state index in [2.05, 4.69) is 230 Å². The van der Waals surface area contributed by atoms with Gasteiger partial charge in [0.15, 0.2) is 19.2 Å². The second-order valence-electron chi connectivity index (χ2n) is 16.7. The van der Waals surface area contributed by atoms with Gasteiger partial charge in [0.25, 0.3) is 0 Å². The summed E-state index contributed by atoms with van der Waals surface area (Å²) in [6.07, 6.45) is 0. The van der Waals surface area contributed by atoms with Crippen LogP contribution in [0.5, 0.6) is 0 Å². The maximum absolute atomic E-state index is 6.44.